The van der Waals surface area contributed by atoms with Crippen molar-refractivity contribution in [3.63, 3.8) is 0 Å². The molecule has 7 atom stereocenters. The van der Waals surface area contributed by atoms with Crippen LogP contribution < -0.4 is 0 Å². The molecule has 4 fully saturated rings. The molecule has 1 aromatic heterocycles. The minimum absolute atomic E-state index is 0.106. The lowest BCUT2D eigenvalue weighted by atomic mass is 9.42. The predicted molar refractivity (Wildman–Crippen MR) is 109 cm³/mol. The molecule has 0 radical (unpaired) electrons. The first kappa shape index (κ1) is 22.1. The fourth-order valence-corrected chi connectivity index (χ4v) is 6.95. The Morgan fingerprint density at radius 2 is 1.97 bits per heavy atom. The fraction of sp³-hybridized carbons (Fsp3) is 0.667. The van der Waals surface area contributed by atoms with E-state index in [1.165, 1.54) is 20.1 Å². The zero-order chi connectivity index (χ0) is 23.6. The van der Waals surface area contributed by atoms with Crippen LogP contribution in [-0.4, -0.2) is 48.6 Å². The molecule has 0 aromatic carbocycles. The Balaban J connectivity index is 1.65. The maximum absolute atomic E-state index is 13.7. The van der Waals surface area contributed by atoms with Gasteiger partial charge in [-0.1, -0.05) is 6.92 Å². The van der Waals surface area contributed by atoms with Gasteiger partial charge in [0.05, 0.1) is 30.0 Å². The average molecular weight is 460 g/mol. The molecule has 0 bridgehead atoms. The molecular weight excluding hydrogens is 432 g/mol. The number of fused-ring (bicyclic) bond motifs is 3. The summed E-state index contributed by atoms with van der Waals surface area (Å²) < 4.78 is 28.2. The lowest BCUT2D eigenvalue weighted by Gasteiger charge is -2.60. The minimum atomic E-state index is -1.24. The van der Waals surface area contributed by atoms with Gasteiger partial charge >= 0.3 is 17.9 Å². The summed E-state index contributed by atoms with van der Waals surface area (Å²) in [6, 6.07) is 1.77. The zero-order valence-corrected chi connectivity index (χ0v) is 19.0. The molecule has 9 nitrogen and oxygen atoms in total. The molecule has 2 saturated carbocycles. The molecule has 3 heterocycles. The summed E-state index contributed by atoms with van der Waals surface area (Å²) in [5.41, 5.74) is -2.59. The van der Waals surface area contributed by atoms with Crippen LogP contribution in [0.5, 0.6) is 0 Å². The van der Waals surface area contributed by atoms with E-state index in [-0.39, 0.29) is 37.3 Å². The van der Waals surface area contributed by atoms with Crippen molar-refractivity contribution in [3.05, 3.63) is 24.2 Å². The Morgan fingerprint density at radius 3 is 2.58 bits per heavy atom. The van der Waals surface area contributed by atoms with Crippen LogP contribution in [0.1, 0.15) is 58.1 Å². The van der Waals surface area contributed by atoms with E-state index in [0.717, 1.165) is 5.56 Å². The molecule has 1 aromatic rings. The number of furan rings is 1. The van der Waals surface area contributed by atoms with Gasteiger partial charge in [-0.3, -0.25) is 19.2 Å². The van der Waals surface area contributed by atoms with Gasteiger partial charge < -0.3 is 23.4 Å². The third kappa shape index (κ3) is 2.94. The van der Waals surface area contributed by atoms with Crippen LogP contribution in [0, 0.1) is 22.7 Å². The predicted octanol–water partition coefficient (Wildman–Crippen LogP) is 2.52. The standard InChI is InChI=1S/C24H28O9/c1-13-8-20(32-15(3)26)23(11-30-14(2)25)18(4-5-19(27)24(23)12-31-24)22(13)9-17(33-21(22)28)16-6-7-29-10-16/h6-7,10,13,17-18,20H,4-5,8-9,11-12H2,1-3H3/t13-,17+,18-,20+,22-,23+,24-/m1/s1. The van der Waals surface area contributed by atoms with Gasteiger partial charge in [0.2, 0.25) is 0 Å². The molecule has 0 amide bonds. The largest absolute Gasteiger partial charge is 0.472 e. The van der Waals surface area contributed by atoms with Gasteiger partial charge in [0, 0.05) is 32.3 Å². The van der Waals surface area contributed by atoms with Crippen LogP contribution in [0.4, 0.5) is 0 Å². The molecule has 2 aliphatic heterocycles. The van der Waals surface area contributed by atoms with E-state index in [4.69, 9.17) is 23.4 Å². The van der Waals surface area contributed by atoms with Crippen LogP contribution in [0.3, 0.4) is 0 Å². The van der Waals surface area contributed by atoms with Crippen LogP contribution in [0.2, 0.25) is 0 Å². The highest BCUT2D eigenvalue weighted by Crippen LogP contribution is 2.70. The zero-order valence-electron chi connectivity index (χ0n) is 19.0. The second kappa shape index (κ2) is 7.41. The first-order chi connectivity index (χ1) is 15.7. The highest BCUT2D eigenvalue weighted by molar-refractivity contribution is 5.93. The summed E-state index contributed by atoms with van der Waals surface area (Å²) in [7, 11) is 0. The van der Waals surface area contributed by atoms with Gasteiger partial charge in [0.15, 0.2) is 11.4 Å². The normalized spacial score (nSPS) is 41.5. The van der Waals surface area contributed by atoms with E-state index in [2.05, 4.69) is 0 Å². The molecule has 178 valence electrons. The molecule has 33 heavy (non-hydrogen) atoms. The van der Waals surface area contributed by atoms with Crippen molar-refractivity contribution in [2.75, 3.05) is 13.2 Å². The van der Waals surface area contributed by atoms with E-state index in [1.54, 1.807) is 12.3 Å². The molecule has 4 aliphatic rings. The van der Waals surface area contributed by atoms with Gasteiger partial charge in [-0.2, -0.15) is 0 Å². The van der Waals surface area contributed by atoms with Crippen molar-refractivity contribution in [1.82, 2.24) is 0 Å². The van der Waals surface area contributed by atoms with Crippen molar-refractivity contribution in [1.29, 1.82) is 0 Å². The second-order valence-electron chi connectivity index (χ2n) is 9.88. The topological polar surface area (TPSA) is 122 Å². The molecular formula is C24H28O9. The number of ketones is 1. The van der Waals surface area contributed by atoms with Gasteiger partial charge in [-0.15, -0.1) is 0 Å². The van der Waals surface area contributed by atoms with Crippen molar-refractivity contribution in [3.8, 4) is 0 Å². The summed E-state index contributed by atoms with van der Waals surface area (Å²) in [6.45, 7) is 4.54. The summed E-state index contributed by atoms with van der Waals surface area (Å²) in [4.78, 5) is 50.9. The minimum Gasteiger partial charge on any atom is -0.472 e. The maximum atomic E-state index is 13.7. The number of rotatable bonds is 4. The number of carbonyl (C=O) groups excluding carboxylic acids is 4. The summed E-state index contributed by atoms with van der Waals surface area (Å²) >= 11 is 0. The van der Waals surface area contributed by atoms with E-state index >= 15 is 0 Å². The molecule has 9 heteroatoms. The number of ether oxygens (including phenoxy) is 4. The van der Waals surface area contributed by atoms with Gasteiger partial charge in [0.25, 0.3) is 0 Å². The Kier molecular flexibility index (Phi) is 4.97. The second-order valence-corrected chi connectivity index (χ2v) is 9.88. The Bertz CT molecular complexity index is 994. The summed E-state index contributed by atoms with van der Waals surface area (Å²) in [5.74, 6) is -2.11. The third-order valence-corrected chi connectivity index (χ3v) is 8.45. The molecule has 2 spiro atoms. The number of epoxide rings is 1. The fourth-order valence-electron chi connectivity index (χ4n) is 6.95. The Hall–Kier alpha value is -2.68. The quantitative estimate of drug-likeness (QED) is 0.379. The van der Waals surface area contributed by atoms with Crippen LogP contribution in [0.15, 0.2) is 23.0 Å². The highest BCUT2D eigenvalue weighted by Gasteiger charge is 2.81. The lowest BCUT2D eigenvalue weighted by Crippen LogP contribution is -2.70. The molecule has 5 rings (SSSR count). The smallest absolute Gasteiger partial charge is 0.313 e. The summed E-state index contributed by atoms with van der Waals surface area (Å²) in [5, 5.41) is 0. The maximum Gasteiger partial charge on any atom is 0.313 e. The van der Waals surface area contributed by atoms with Crippen LogP contribution in [-0.2, 0) is 38.1 Å². The lowest BCUT2D eigenvalue weighted by molar-refractivity contribution is -0.226. The Labute approximate surface area is 191 Å². The number of carbonyl (C=O) groups is 4. The first-order valence-corrected chi connectivity index (χ1v) is 11.4. The first-order valence-electron chi connectivity index (χ1n) is 11.4. The molecule has 2 saturated heterocycles. The van der Waals surface area contributed by atoms with Crippen LogP contribution >= 0.6 is 0 Å². The molecule has 0 N–H and O–H groups in total. The molecule has 0 unspecified atom stereocenters. The van der Waals surface area contributed by atoms with E-state index in [0.29, 0.717) is 19.3 Å². The van der Waals surface area contributed by atoms with Crippen molar-refractivity contribution < 1.29 is 42.5 Å². The SMILES string of the molecule is CC(=O)OC[C@@]12[C@@H](OC(C)=O)C[C@@H](C)[C@]3(C[C@@H](c4ccoc4)OC3=O)[C@H]1CCC(=O)[C@]21CO1. The van der Waals surface area contributed by atoms with Crippen LogP contribution in [0.25, 0.3) is 0 Å². The number of hydrogen-bond donors (Lipinski definition) is 0. The average Bonchev–Trinajstić information content (AvgIpc) is 3.21. The highest BCUT2D eigenvalue weighted by atomic mass is 16.6. The number of Topliss-reactive ketones (excluding diaryl/α,β-unsaturated/α-hetero) is 1. The monoisotopic (exact) mass is 460 g/mol. The van der Waals surface area contributed by atoms with Crippen molar-refractivity contribution in [2.24, 2.45) is 22.7 Å². The van der Waals surface area contributed by atoms with Gasteiger partial charge in [-0.25, -0.2) is 0 Å². The van der Waals surface area contributed by atoms with Gasteiger partial charge in [-0.05, 0) is 30.7 Å². The van der Waals surface area contributed by atoms with Crippen molar-refractivity contribution >= 4 is 23.7 Å². The van der Waals surface area contributed by atoms with E-state index in [9.17, 15) is 19.2 Å². The number of esters is 3. The number of hydrogen-bond acceptors (Lipinski definition) is 9. The van der Waals surface area contributed by atoms with E-state index < -0.39 is 46.5 Å². The Morgan fingerprint density at radius 1 is 1.21 bits per heavy atom. The number of cyclic esters (lactones) is 1. The van der Waals surface area contributed by atoms with E-state index in [1.807, 2.05) is 6.92 Å². The third-order valence-electron chi connectivity index (χ3n) is 8.45. The summed E-state index contributed by atoms with van der Waals surface area (Å²) in [6.07, 6.45) is 3.22. The van der Waals surface area contributed by atoms with Gasteiger partial charge in [0.1, 0.15) is 18.8 Å². The van der Waals surface area contributed by atoms with Crippen molar-refractivity contribution in [2.45, 2.75) is 64.3 Å². The molecule has 2 aliphatic carbocycles.